The van der Waals surface area contributed by atoms with Gasteiger partial charge in [-0.15, -0.1) is 11.3 Å². The Bertz CT molecular complexity index is 795. The number of nitrogens with one attached hydrogen (secondary N) is 2. The number of thiophene rings is 1. The topological polar surface area (TPSA) is 97.6 Å². The van der Waals surface area contributed by atoms with Gasteiger partial charge in [0.15, 0.2) is 5.76 Å². The van der Waals surface area contributed by atoms with Crippen LogP contribution in [0.15, 0.2) is 22.8 Å². The Labute approximate surface area is 155 Å². The molecule has 0 saturated carbocycles. The molecule has 1 unspecified atom stereocenters. The van der Waals surface area contributed by atoms with Gasteiger partial charge < -0.3 is 19.8 Å². The number of rotatable bonds is 7. The van der Waals surface area contributed by atoms with Gasteiger partial charge >= 0.3 is 5.97 Å². The molecule has 1 atom stereocenters. The Morgan fingerprint density at radius 3 is 2.62 bits per heavy atom. The predicted octanol–water partition coefficient (Wildman–Crippen LogP) is 3.15. The molecule has 26 heavy (non-hydrogen) atoms. The van der Waals surface area contributed by atoms with Crippen LogP contribution in [0.1, 0.15) is 52.1 Å². The lowest BCUT2D eigenvalue weighted by atomic mass is 10.1. The Morgan fingerprint density at radius 2 is 2.04 bits per heavy atom. The van der Waals surface area contributed by atoms with E-state index in [1.165, 1.54) is 23.7 Å². The minimum absolute atomic E-state index is 0.122. The number of carbonyl (C=O) groups is 3. The minimum Gasteiger partial charge on any atom is -0.462 e. The molecule has 0 radical (unpaired) electrons. The van der Waals surface area contributed by atoms with Crippen LogP contribution < -0.4 is 10.6 Å². The van der Waals surface area contributed by atoms with Gasteiger partial charge in [0, 0.05) is 4.88 Å². The number of esters is 1. The number of ether oxygens (including phenoxy) is 1. The molecule has 2 N–H and O–H groups in total. The van der Waals surface area contributed by atoms with Crippen molar-refractivity contribution >= 4 is 34.1 Å². The van der Waals surface area contributed by atoms with Crippen molar-refractivity contribution in [1.29, 1.82) is 0 Å². The van der Waals surface area contributed by atoms with E-state index in [1.807, 2.05) is 13.8 Å². The third-order valence-corrected chi connectivity index (χ3v) is 4.83. The van der Waals surface area contributed by atoms with Crippen LogP contribution >= 0.6 is 11.3 Å². The summed E-state index contributed by atoms with van der Waals surface area (Å²) in [7, 11) is 0. The molecule has 0 aromatic carbocycles. The van der Waals surface area contributed by atoms with Crippen molar-refractivity contribution in [3.63, 3.8) is 0 Å². The molecule has 0 saturated heterocycles. The molecule has 7 nitrogen and oxygen atoms in total. The smallest absolute Gasteiger partial charge is 0.341 e. The zero-order valence-electron chi connectivity index (χ0n) is 15.2. The monoisotopic (exact) mass is 378 g/mol. The quantitative estimate of drug-likeness (QED) is 0.721. The highest BCUT2D eigenvalue weighted by Gasteiger charge is 2.25. The third kappa shape index (κ3) is 4.32. The van der Waals surface area contributed by atoms with Gasteiger partial charge in [-0.2, -0.15) is 0 Å². The predicted molar refractivity (Wildman–Crippen MR) is 98.7 cm³/mol. The molecule has 2 heterocycles. The zero-order chi connectivity index (χ0) is 19.3. The van der Waals surface area contributed by atoms with Crippen molar-refractivity contribution in [3.8, 4) is 0 Å². The van der Waals surface area contributed by atoms with E-state index < -0.39 is 23.8 Å². The Hall–Kier alpha value is -2.61. The summed E-state index contributed by atoms with van der Waals surface area (Å²) in [5, 5.41) is 5.72. The van der Waals surface area contributed by atoms with Gasteiger partial charge in [0.25, 0.3) is 5.91 Å². The Balaban J connectivity index is 2.15. The molecule has 0 spiro atoms. The van der Waals surface area contributed by atoms with E-state index in [2.05, 4.69) is 10.6 Å². The van der Waals surface area contributed by atoms with Gasteiger partial charge in [-0.05, 0) is 44.9 Å². The Morgan fingerprint density at radius 1 is 1.31 bits per heavy atom. The minimum atomic E-state index is -0.810. The normalized spacial score (nSPS) is 11.7. The summed E-state index contributed by atoms with van der Waals surface area (Å²) in [5.74, 6) is -1.26. The molecular formula is C18H22N2O5S. The number of furan rings is 1. The lowest BCUT2D eigenvalue weighted by Gasteiger charge is -2.13. The van der Waals surface area contributed by atoms with Crippen LogP contribution in [-0.4, -0.2) is 30.4 Å². The number of amides is 2. The van der Waals surface area contributed by atoms with Crippen LogP contribution in [0, 0.1) is 6.92 Å². The number of aryl methyl sites for hydroxylation is 1. The van der Waals surface area contributed by atoms with Gasteiger partial charge in [0.2, 0.25) is 5.91 Å². The van der Waals surface area contributed by atoms with Crippen molar-refractivity contribution in [1.82, 2.24) is 5.32 Å². The summed E-state index contributed by atoms with van der Waals surface area (Å²) >= 11 is 1.32. The Kier molecular flexibility index (Phi) is 6.57. The van der Waals surface area contributed by atoms with Crippen molar-refractivity contribution in [2.75, 3.05) is 11.9 Å². The largest absolute Gasteiger partial charge is 0.462 e. The first-order valence-corrected chi connectivity index (χ1v) is 9.15. The van der Waals surface area contributed by atoms with E-state index in [0.717, 1.165) is 10.4 Å². The van der Waals surface area contributed by atoms with E-state index >= 15 is 0 Å². The number of anilines is 1. The van der Waals surface area contributed by atoms with Crippen LogP contribution in [0.4, 0.5) is 5.00 Å². The van der Waals surface area contributed by atoms with Crippen molar-refractivity contribution in [3.05, 3.63) is 40.2 Å². The zero-order valence-corrected chi connectivity index (χ0v) is 16.0. The van der Waals surface area contributed by atoms with Crippen LogP contribution in [0.2, 0.25) is 0 Å². The van der Waals surface area contributed by atoms with Gasteiger partial charge in [-0.3, -0.25) is 9.59 Å². The highest BCUT2D eigenvalue weighted by molar-refractivity contribution is 7.16. The molecule has 0 aliphatic heterocycles. The average molecular weight is 378 g/mol. The number of carbonyl (C=O) groups excluding carboxylic acids is 3. The first kappa shape index (κ1) is 19.7. The molecule has 0 aliphatic carbocycles. The highest BCUT2D eigenvalue weighted by Crippen LogP contribution is 2.34. The number of hydrogen-bond donors (Lipinski definition) is 2. The summed E-state index contributed by atoms with van der Waals surface area (Å²) in [5.41, 5.74) is 1.24. The van der Waals surface area contributed by atoms with Crippen LogP contribution in [0.3, 0.4) is 0 Å². The lowest BCUT2D eigenvalue weighted by Crippen LogP contribution is -2.41. The third-order valence-electron chi connectivity index (χ3n) is 3.76. The van der Waals surface area contributed by atoms with Crippen molar-refractivity contribution < 1.29 is 23.5 Å². The fourth-order valence-electron chi connectivity index (χ4n) is 2.47. The molecule has 2 amide bonds. The van der Waals surface area contributed by atoms with Crippen molar-refractivity contribution in [2.24, 2.45) is 0 Å². The van der Waals surface area contributed by atoms with Gasteiger partial charge in [0.05, 0.1) is 18.4 Å². The van der Waals surface area contributed by atoms with Gasteiger partial charge in [-0.1, -0.05) is 6.92 Å². The molecular weight excluding hydrogens is 356 g/mol. The second-order valence-corrected chi connectivity index (χ2v) is 6.80. The molecule has 2 aromatic heterocycles. The molecule has 0 aliphatic rings. The van der Waals surface area contributed by atoms with Gasteiger partial charge in [0.1, 0.15) is 11.0 Å². The molecule has 140 valence electrons. The second-order valence-electron chi connectivity index (χ2n) is 5.58. The average Bonchev–Trinajstić information content (AvgIpc) is 3.22. The number of hydrogen-bond acceptors (Lipinski definition) is 6. The summed E-state index contributed by atoms with van der Waals surface area (Å²) in [4.78, 5) is 37.7. The SMILES string of the molecule is CCOC(=O)c1c(NC(=O)C(C)NC(=O)c2ccco2)sc(C)c1CC. The van der Waals surface area contributed by atoms with E-state index in [1.54, 1.807) is 19.9 Å². The highest BCUT2D eigenvalue weighted by atomic mass is 32.1. The lowest BCUT2D eigenvalue weighted by molar-refractivity contribution is -0.117. The summed E-state index contributed by atoms with van der Waals surface area (Å²) in [6, 6.07) is 2.29. The molecule has 0 fully saturated rings. The second kappa shape index (κ2) is 8.66. The molecule has 2 rings (SSSR count). The van der Waals surface area contributed by atoms with Crippen LogP contribution in [0.5, 0.6) is 0 Å². The standard InChI is InChI=1S/C18H22N2O5S/c1-5-12-11(4)26-17(14(12)18(23)24-6-2)20-15(21)10(3)19-16(22)13-8-7-9-25-13/h7-10H,5-6H2,1-4H3,(H,19,22)(H,20,21). The van der Waals surface area contributed by atoms with Crippen LogP contribution in [-0.2, 0) is 16.0 Å². The fourth-order valence-corrected chi connectivity index (χ4v) is 3.61. The first-order valence-electron chi connectivity index (χ1n) is 8.33. The maximum Gasteiger partial charge on any atom is 0.341 e. The van der Waals surface area contributed by atoms with Crippen molar-refractivity contribution in [2.45, 2.75) is 40.2 Å². The summed E-state index contributed by atoms with van der Waals surface area (Å²) in [6.07, 6.45) is 2.03. The molecule has 2 aromatic rings. The fraction of sp³-hybridized carbons (Fsp3) is 0.389. The summed E-state index contributed by atoms with van der Waals surface area (Å²) in [6.45, 7) is 7.37. The van der Waals surface area contributed by atoms with E-state index in [9.17, 15) is 14.4 Å². The molecule has 8 heteroatoms. The van der Waals surface area contributed by atoms with E-state index in [-0.39, 0.29) is 12.4 Å². The first-order chi connectivity index (χ1) is 12.4. The van der Waals surface area contributed by atoms with E-state index in [0.29, 0.717) is 17.0 Å². The maximum atomic E-state index is 12.5. The maximum absolute atomic E-state index is 12.5. The van der Waals surface area contributed by atoms with Crippen LogP contribution in [0.25, 0.3) is 0 Å². The molecule has 0 bridgehead atoms. The summed E-state index contributed by atoms with van der Waals surface area (Å²) < 4.78 is 10.1. The van der Waals surface area contributed by atoms with Gasteiger partial charge in [-0.25, -0.2) is 4.79 Å². The van der Waals surface area contributed by atoms with E-state index in [4.69, 9.17) is 9.15 Å².